The van der Waals surface area contributed by atoms with Crippen LogP contribution in [0.5, 0.6) is 5.75 Å². The van der Waals surface area contributed by atoms with E-state index in [2.05, 4.69) is 20.2 Å². The third-order valence-corrected chi connectivity index (χ3v) is 7.14. The van der Waals surface area contributed by atoms with Crippen LogP contribution in [0, 0.1) is 6.92 Å². The van der Waals surface area contributed by atoms with Gasteiger partial charge in [0.1, 0.15) is 17.3 Å². The van der Waals surface area contributed by atoms with Gasteiger partial charge in [0.05, 0.1) is 22.3 Å². The molecule has 0 aliphatic heterocycles. The summed E-state index contributed by atoms with van der Waals surface area (Å²) < 4.78 is 33.6. The summed E-state index contributed by atoms with van der Waals surface area (Å²) in [5, 5.41) is 22.0. The second-order valence-electron chi connectivity index (χ2n) is 7.75. The van der Waals surface area contributed by atoms with Crippen LogP contribution < -0.4 is 14.8 Å². The fraction of sp³-hybridized carbons (Fsp3) is 0.208. The number of halogens is 1. The molecule has 0 amide bonds. The van der Waals surface area contributed by atoms with Crippen molar-refractivity contribution in [1.82, 2.24) is 15.5 Å². The Morgan fingerprint density at radius 3 is 2.76 bits per heavy atom. The maximum absolute atomic E-state index is 12.6. The molecule has 0 spiro atoms. The van der Waals surface area contributed by atoms with Gasteiger partial charge in [0.15, 0.2) is 0 Å². The zero-order valence-electron chi connectivity index (χ0n) is 18.5. The first-order valence-electron chi connectivity index (χ1n) is 10.7. The van der Waals surface area contributed by atoms with Crippen LogP contribution in [0.3, 0.4) is 0 Å². The molecule has 4 aromatic rings. The van der Waals surface area contributed by atoms with Gasteiger partial charge in [-0.3, -0.25) is 9.82 Å². The standard InChI is InChI=1S/C24H25ClN4O4S/c1-16-20-10-9-19(14-22(20)28-27-16)33-12-11-26-15-23(30)17-5-4-6-18(13-17)29-34(31,32)24-8-3-2-7-21(24)25/h2-10,13-14,23,26,29-30H,11-12,15H2,1H3,(H,27,28). The van der Waals surface area contributed by atoms with Crippen LogP contribution in [0.25, 0.3) is 10.9 Å². The normalized spacial score (nSPS) is 12.6. The summed E-state index contributed by atoms with van der Waals surface area (Å²) in [7, 11) is -3.85. The van der Waals surface area contributed by atoms with Gasteiger partial charge in [-0.05, 0) is 48.9 Å². The monoisotopic (exact) mass is 500 g/mol. The van der Waals surface area contributed by atoms with Crippen LogP contribution in [0.15, 0.2) is 71.6 Å². The minimum Gasteiger partial charge on any atom is -0.492 e. The Kier molecular flexibility index (Phi) is 7.38. The maximum Gasteiger partial charge on any atom is 0.263 e. The molecule has 178 valence electrons. The Balaban J connectivity index is 1.28. The zero-order valence-corrected chi connectivity index (χ0v) is 20.0. The highest BCUT2D eigenvalue weighted by Crippen LogP contribution is 2.25. The van der Waals surface area contributed by atoms with Crippen LogP contribution in [-0.4, -0.2) is 43.4 Å². The molecule has 0 radical (unpaired) electrons. The van der Waals surface area contributed by atoms with E-state index < -0.39 is 16.1 Å². The fourth-order valence-corrected chi connectivity index (χ4v) is 5.08. The number of anilines is 1. The van der Waals surface area contributed by atoms with Crippen LogP contribution >= 0.6 is 11.6 Å². The van der Waals surface area contributed by atoms with Crippen molar-refractivity contribution >= 4 is 38.2 Å². The van der Waals surface area contributed by atoms with Gasteiger partial charge in [-0.15, -0.1) is 0 Å². The first-order chi connectivity index (χ1) is 16.3. The number of ether oxygens (including phenoxy) is 1. The van der Waals surface area contributed by atoms with Crippen molar-refractivity contribution in [2.45, 2.75) is 17.9 Å². The van der Waals surface area contributed by atoms with Gasteiger partial charge in [0, 0.05) is 30.2 Å². The third kappa shape index (κ3) is 5.68. The van der Waals surface area contributed by atoms with Crippen LogP contribution in [0.2, 0.25) is 5.02 Å². The number of nitrogens with zero attached hydrogens (tertiary/aromatic N) is 1. The smallest absolute Gasteiger partial charge is 0.263 e. The van der Waals surface area contributed by atoms with Crippen molar-refractivity contribution in [1.29, 1.82) is 0 Å². The van der Waals surface area contributed by atoms with Crippen molar-refractivity contribution in [3.8, 4) is 5.75 Å². The van der Waals surface area contributed by atoms with Crippen molar-refractivity contribution < 1.29 is 18.3 Å². The number of sulfonamides is 1. The molecule has 8 nitrogen and oxygen atoms in total. The van der Waals surface area contributed by atoms with E-state index in [-0.39, 0.29) is 16.5 Å². The van der Waals surface area contributed by atoms with E-state index in [1.807, 2.05) is 25.1 Å². The van der Waals surface area contributed by atoms with Gasteiger partial charge in [-0.1, -0.05) is 35.9 Å². The minimum absolute atomic E-state index is 0.00824. The number of H-pyrrole nitrogens is 1. The second-order valence-corrected chi connectivity index (χ2v) is 9.80. The van der Waals surface area contributed by atoms with Gasteiger partial charge in [-0.25, -0.2) is 8.42 Å². The predicted molar refractivity (Wildman–Crippen MR) is 133 cm³/mol. The molecule has 4 rings (SSSR count). The Labute approximate surface area is 203 Å². The number of fused-ring (bicyclic) bond motifs is 1. The van der Waals surface area contributed by atoms with Gasteiger partial charge in [0.25, 0.3) is 10.0 Å². The van der Waals surface area contributed by atoms with Crippen LogP contribution in [0.1, 0.15) is 17.4 Å². The third-order valence-electron chi connectivity index (χ3n) is 5.26. The molecule has 34 heavy (non-hydrogen) atoms. The Morgan fingerprint density at radius 2 is 1.94 bits per heavy atom. The number of benzene rings is 3. The topological polar surface area (TPSA) is 116 Å². The Morgan fingerprint density at radius 1 is 1.12 bits per heavy atom. The zero-order chi connectivity index (χ0) is 24.1. The Bertz CT molecular complexity index is 1390. The average molecular weight is 501 g/mol. The highest BCUT2D eigenvalue weighted by atomic mass is 35.5. The van der Waals surface area contributed by atoms with Crippen LogP contribution in [-0.2, 0) is 10.0 Å². The number of nitrogens with one attached hydrogen (secondary N) is 3. The summed E-state index contributed by atoms with van der Waals surface area (Å²) in [6, 6.07) is 18.6. The number of aryl methyl sites for hydroxylation is 1. The second kappa shape index (κ2) is 10.4. The number of aromatic nitrogens is 2. The van der Waals surface area contributed by atoms with Crippen LogP contribution in [0.4, 0.5) is 5.69 Å². The highest BCUT2D eigenvalue weighted by molar-refractivity contribution is 7.92. The summed E-state index contributed by atoms with van der Waals surface area (Å²) in [5.41, 5.74) is 2.78. The Hall–Kier alpha value is -3.11. The molecule has 0 bridgehead atoms. The lowest BCUT2D eigenvalue weighted by molar-refractivity contribution is 0.172. The van der Waals surface area contributed by atoms with E-state index in [0.717, 1.165) is 22.3 Å². The summed E-state index contributed by atoms with van der Waals surface area (Å²) in [6.07, 6.45) is -0.825. The van der Waals surface area contributed by atoms with Gasteiger partial charge in [0.2, 0.25) is 0 Å². The van der Waals surface area contributed by atoms with E-state index in [0.29, 0.717) is 24.4 Å². The van der Waals surface area contributed by atoms with E-state index in [1.54, 1.807) is 36.4 Å². The SMILES string of the molecule is Cc1n[nH]c2cc(OCCNCC(O)c3cccc(NS(=O)(=O)c4ccccc4Cl)c3)ccc12. The molecule has 0 saturated heterocycles. The van der Waals surface area contributed by atoms with Gasteiger partial charge >= 0.3 is 0 Å². The lowest BCUT2D eigenvalue weighted by Crippen LogP contribution is -2.26. The van der Waals surface area contributed by atoms with Gasteiger partial charge < -0.3 is 15.2 Å². The molecule has 1 heterocycles. The highest BCUT2D eigenvalue weighted by Gasteiger charge is 2.18. The summed E-state index contributed by atoms with van der Waals surface area (Å²) >= 11 is 6.02. The molecular formula is C24H25ClN4O4S. The molecule has 3 aromatic carbocycles. The van der Waals surface area contributed by atoms with E-state index in [4.69, 9.17) is 16.3 Å². The fourth-order valence-electron chi connectivity index (χ4n) is 3.51. The molecule has 0 aliphatic carbocycles. The van der Waals surface area contributed by atoms with Crippen molar-refractivity contribution in [3.05, 3.63) is 83.0 Å². The van der Waals surface area contributed by atoms with Gasteiger partial charge in [-0.2, -0.15) is 5.10 Å². The van der Waals surface area contributed by atoms with Crippen molar-refractivity contribution in [3.63, 3.8) is 0 Å². The number of aliphatic hydroxyl groups excluding tert-OH is 1. The summed E-state index contributed by atoms with van der Waals surface area (Å²) in [4.78, 5) is -0.00824. The maximum atomic E-state index is 12.6. The minimum atomic E-state index is -3.85. The number of rotatable bonds is 10. The molecule has 0 aliphatic rings. The molecule has 0 fully saturated rings. The van der Waals surface area contributed by atoms with Crippen molar-refractivity contribution in [2.24, 2.45) is 0 Å². The predicted octanol–water partition coefficient (Wildman–Crippen LogP) is 4.03. The summed E-state index contributed by atoms with van der Waals surface area (Å²) in [6.45, 7) is 3.17. The molecule has 10 heteroatoms. The van der Waals surface area contributed by atoms with E-state index in [1.165, 1.54) is 12.1 Å². The molecule has 1 atom stereocenters. The molecular weight excluding hydrogens is 476 g/mol. The number of aromatic amines is 1. The van der Waals surface area contributed by atoms with E-state index in [9.17, 15) is 13.5 Å². The lowest BCUT2D eigenvalue weighted by Gasteiger charge is -2.15. The molecule has 1 unspecified atom stereocenters. The average Bonchev–Trinajstić information content (AvgIpc) is 3.19. The first kappa shape index (κ1) is 24.0. The number of aliphatic hydroxyl groups is 1. The number of hydrogen-bond donors (Lipinski definition) is 4. The molecule has 4 N–H and O–H groups in total. The first-order valence-corrected chi connectivity index (χ1v) is 12.5. The largest absolute Gasteiger partial charge is 0.492 e. The summed E-state index contributed by atoms with van der Waals surface area (Å²) in [5.74, 6) is 0.733. The quantitative estimate of drug-likeness (QED) is 0.244. The number of hydrogen-bond acceptors (Lipinski definition) is 6. The molecule has 1 aromatic heterocycles. The van der Waals surface area contributed by atoms with E-state index >= 15 is 0 Å². The lowest BCUT2D eigenvalue weighted by atomic mass is 10.1. The molecule has 0 saturated carbocycles. The van der Waals surface area contributed by atoms with Crippen molar-refractivity contribution in [2.75, 3.05) is 24.4 Å².